The second-order valence-electron chi connectivity index (χ2n) is 7.88. The number of hydrogen-bond acceptors (Lipinski definition) is 5. The predicted octanol–water partition coefficient (Wildman–Crippen LogP) is 4.77. The van der Waals surface area contributed by atoms with Gasteiger partial charge in [0, 0.05) is 18.6 Å². The summed E-state index contributed by atoms with van der Waals surface area (Å²) in [7, 11) is 0. The molecule has 2 aromatic carbocycles. The number of fused-ring (bicyclic) bond motifs is 3. The number of benzene rings is 2. The minimum Gasteiger partial charge on any atom is -0.300 e. The number of nitro groups is 1. The SMILES string of the molecule is CC(=O)c1ncn2c1[C@@H](C)N=C(c1ccccc1[N+](=O)[O-])c1cc(C3CC3)ccc1-2. The van der Waals surface area contributed by atoms with Gasteiger partial charge >= 0.3 is 0 Å². The molecule has 0 amide bonds. The third-order valence-electron chi connectivity index (χ3n) is 5.80. The van der Waals surface area contributed by atoms with Gasteiger partial charge in [-0.25, -0.2) is 4.98 Å². The van der Waals surface area contributed by atoms with E-state index in [0.29, 0.717) is 28.6 Å². The van der Waals surface area contributed by atoms with Crippen molar-refractivity contribution in [2.45, 2.75) is 38.6 Å². The van der Waals surface area contributed by atoms with Crippen molar-refractivity contribution in [1.29, 1.82) is 0 Å². The van der Waals surface area contributed by atoms with Crippen LogP contribution in [0, 0.1) is 10.1 Å². The molecule has 0 bridgehead atoms. The number of ketones is 1. The molecule has 0 unspecified atom stereocenters. The van der Waals surface area contributed by atoms with Gasteiger partial charge in [-0.3, -0.25) is 24.5 Å². The number of imidazole rings is 1. The van der Waals surface area contributed by atoms with Crippen molar-refractivity contribution < 1.29 is 9.72 Å². The molecule has 1 fully saturated rings. The molecule has 5 rings (SSSR count). The quantitative estimate of drug-likeness (QED) is 0.358. The lowest BCUT2D eigenvalue weighted by Crippen LogP contribution is -2.10. The van der Waals surface area contributed by atoms with E-state index in [1.54, 1.807) is 24.5 Å². The Bertz CT molecular complexity index is 1240. The molecule has 0 radical (unpaired) electrons. The summed E-state index contributed by atoms with van der Waals surface area (Å²) in [6.07, 6.45) is 3.95. The number of aliphatic imine (C=N–C) groups is 1. The van der Waals surface area contributed by atoms with Crippen LogP contribution in [0.4, 0.5) is 5.69 Å². The van der Waals surface area contributed by atoms with E-state index in [-0.39, 0.29) is 16.4 Å². The fourth-order valence-electron chi connectivity index (χ4n) is 4.22. The summed E-state index contributed by atoms with van der Waals surface area (Å²) in [6.45, 7) is 3.38. The van der Waals surface area contributed by atoms with Crippen LogP contribution in [0.15, 0.2) is 53.8 Å². The number of carbonyl (C=O) groups excluding carboxylic acids is 1. The molecule has 2 aliphatic rings. The molecule has 150 valence electrons. The highest BCUT2D eigenvalue weighted by Gasteiger charge is 2.31. The topological polar surface area (TPSA) is 90.4 Å². The van der Waals surface area contributed by atoms with E-state index in [0.717, 1.165) is 24.1 Å². The molecule has 7 nitrogen and oxygen atoms in total. The Morgan fingerprint density at radius 2 is 1.93 bits per heavy atom. The van der Waals surface area contributed by atoms with Crippen LogP contribution >= 0.6 is 0 Å². The monoisotopic (exact) mass is 400 g/mol. The van der Waals surface area contributed by atoms with Crippen molar-refractivity contribution in [3.8, 4) is 5.69 Å². The van der Waals surface area contributed by atoms with Crippen LogP contribution in [0.5, 0.6) is 0 Å². The maximum atomic E-state index is 12.2. The summed E-state index contributed by atoms with van der Waals surface area (Å²) < 4.78 is 1.90. The van der Waals surface area contributed by atoms with Crippen molar-refractivity contribution >= 4 is 17.2 Å². The first-order valence-corrected chi connectivity index (χ1v) is 10.00. The Kier molecular flexibility index (Phi) is 4.13. The molecule has 30 heavy (non-hydrogen) atoms. The summed E-state index contributed by atoms with van der Waals surface area (Å²) in [5.74, 6) is 0.397. The van der Waals surface area contributed by atoms with Crippen molar-refractivity contribution in [2.24, 2.45) is 4.99 Å². The van der Waals surface area contributed by atoms with E-state index < -0.39 is 6.04 Å². The second-order valence-corrected chi connectivity index (χ2v) is 7.88. The van der Waals surface area contributed by atoms with Gasteiger partial charge in [0.1, 0.15) is 12.0 Å². The largest absolute Gasteiger partial charge is 0.300 e. The molecule has 1 saturated carbocycles. The van der Waals surface area contributed by atoms with Crippen LogP contribution in [0.25, 0.3) is 5.69 Å². The highest BCUT2D eigenvalue weighted by molar-refractivity contribution is 6.17. The number of Topliss-reactive ketones (excluding diaryl/α,β-unsaturated/α-hetero) is 1. The first kappa shape index (κ1) is 18.4. The summed E-state index contributed by atoms with van der Waals surface area (Å²) in [5, 5.41) is 11.7. The summed E-state index contributed by atoms with van der Waals surface area (Å²) in [4.78, 5) is 32.8. The fourth-order valence-corrected chi connectivity index (χ4v) is 4.22. The highest BCUT2D eigenvalue weighted by Crippen LogP contribution is 2.42. The van der Waals surface area contributed by atoms with Crippen molar-refractivity contribution in [3.05, 3.63) is 87.0 Å². The second kappa shape index (κ2) is 6.73. The maximum absolute atomic E-state index is 12.2. The molecule has 7 heteroatoms. The van der Waals surface area contributed by atoms with E-state index in [2.05, 4.69) is 17.1 Å². The van der Waals surface area contributed by atoms with Crippen LogP contribution in [-0.2, 0) is 0 Å². The molecule has 3 aromatic rings. The standard InChI is InChI=1S/C23H20N4O3/c1-13-23-21(14(2)28)24-12-26(23)19-10-9-16(15-7-8-15)11-18(19)22(25-13)17-5-3-4-6-20(17)27(29)30/h3-6,9-13,15H,7-8H2,1-2H3/t13-/m1/s1. The van der Waals surface area contributed by atoms with E-state index in [9.17, 15) is 14.9 Å². The first-order chi connectivity index (χ1) is 14.5. The number of nitrogens with zero attached hydrogens (tertiary/aromatic N) is 4. The lowest BCUT2D eigenvalue weighted by atomic mass is 9.96. The van der Waals surface area contributed by atoms with Crippen molar-refractivity contribution in [1.82, 2.24) is 9.55 Å². The number of hydrogen-bond donors (Lipinski definition) is 0. The number of rotatable bonds is 4. The van der Waals surface area contributed by atoms with Gasteiger partial charge in [-0.2, -0.15) is 0 Å². The molecule has 2 heterocycles. The predicted molar refractivity (Wildman–Crippen MR) is 113 cm³/mol. The molecule has 0 N–H and O–H groups in total. The van der Waals surface area contributed by atoms with Gasteiger partial charge < -0.3 is 0 Å². The van der Waals surface area contributed by atoms with Crippen molar-refractivity contribution in [3.63, 3.8) is 0 Å². The van der Waals surface area contributed by atoms with E-state index in [1.807, 2.05) is 17.6 Å². The third kappa shape index (κ3) is 2.85. The van der Waals surface area contributed by atoms with E-state index in [1.165, 1.54) is 18.6 Å². The molecule has 1 aliphatic carbocycles. The van der Waals surface area contributed by atoms with Gasteiger partial charge in [0.15, 0.2) is 5.78 Å². The molecule has 1 aromatic heterocycles. The third-order valence-corrected chi connectivity index (χ3v) is 5.80. The smallest absolute Gasteiger partial charge is 0.278 e. The lowest BCUT2D eigenvalue weighted by Gasteiger charge is -2.14. The van der Waals surface area contributed by atoms with Crippen LogP contribution in [0.1, 0.15) is 71.5 Å². The summed E-state index contributed by atoms with van der Waals surface area (Å²) in [5.41, 5.74) is 5.02. The van der Waals surface area contributed by atoms with Gasteiger partial charge in [-0.1, -0.05) is 18.2 Å². The average Bonchev–Trinajstić information content (AvgIpc) is 3.50. The zero-order chi connectivity index (χ0) is 21.0. The normalized spacial score (nSPS) is 17.5. The van der Waals surface area contributed by atoms with E-state index >= 15 is 0 Å². The zero-order valence-electron chi connectivity index (χ0n) is 16.7. The molecule has 0 saturated heterocycles. The molecule has 1 aliphatic heterocycles. The average molecular weight is 400 g/mol. The zero-order valence-corrected chi connectivity index (χ0v) is 16.7. The lowest BCUT2D eigenvalue weighted by molar-refractivity contribution is -0.385. The van der Waals surface area contributed by atoms with Gasteiger partial charge in [0.05, 0.1) is 33.6 Å². The molecular formula is C23H20N4O3. The highest BCUT2D eigenvalue weighted by atomic mass is 16.6. The number of aromatic nitrogens is 2. The Morgan fingerprint density at radius 1 is 1.17 bits per heavy atom. The van der Waals surface area contributed by atoms with Crippen molar-refractivity contribution in [2.75, 3.05) is 0 Å². The number of para-hydroxylation sites is 1. The summed E-state index contributed by atoms with van der Waals surface area (Å²) in [6, 6.07) is 12.5. The number of carbonyl (C=O) groups is 1. The number of nitro benzene ring substituents is 1. The fraction of sp³-hybridized carbons (Fsp3) is 0.261. The van der Waals surface area contributed by atoms with Gasteiger partial charge in [0.2, 0.25) is 0 Å². The Hall–Kier alpha value is -3.61. The molecule has 0 spiro atoms. The molecular weight excluding hydrogens is 380 g/mol. The van der Waals surface area contributed by atoms with Crippen LogP contribution < -0.4 is 0 Å². The maximum Gasteiger partial charge on any atom is 0.278 e. The van der Waals surface area contributed by atoms with Gasteiger partial charge in [-0.05, 0) is 49.4 Å². The Morgan fingerprint density at radius 3 is 2.63 bits per heavy atom. The Balaban J connectivity index is 1.82. The van der Waals surface area contributed by atoms with E-state index in [4.69, 9.17) is 4.99 Å². The minimum absolute atomic E-state index is 0.0164. The van der Waals surface area contributed by atoms with Gasteiger partial charge in [-0.15, -0.1) is 0 Å². The van der Waals surface area contributed by atoms with Crippen LogP contribution in [-0.4, -0.2) is 26.0 Å². The van der Waals surface area contributed by atoms with Gasteiger partial charge in [0.25, 0.3) is 5.69 Å². The first-order valence-electron chi connectivity index (χ1n) is 10.00. The minimum atomic E-state index is -0.391. The van der Waals surface area contributed by atoms with Crippen LogP contribution in [0.3, 0.4) is 0 Å². The Labute approximate surface area is 173 Å². The molecule has 1 atom stereocenters. The summed E-state index contributed by atoms with van der Waals surface area (Å²) >= 11 is 0. The van der Waals surface area contributed by atoms with Crippen LogP contribution in [0.2, 0.25) is 0 Å².